The zero-order chi connectivity index (χ0) is 13.8. The smallest absolute Gasteiger partial charge is 0.279 e. The molecule has 3 nitrogen and oxygen atoms in total. The van der Waals surface area contributed by atoms with Crippen molar-refractivity contribution in [3.05, 3.63) is 28.8 Å². The summed E-state index contributed by atoms with van der Waals surface area (Å²) in [6, 6.07) is 6.27. The predicted octanol–water partition coefficient (Wildman–Crippen LogP) is 2.04. The Labute approximate surface area is 119 Å². The molecule has 0 saturated carbocycles. The fraction of sp³-hybridized carbons (Fsp3) is 0.533. The van der Waals surface area contributed by atoms with Crippen LogP contribution in [0, 0.1) is 6.92 Å². The molecule has 1 saturated heterocycles. The summed E-state index contributed by atoms with van der Waals surface area (Å²) in [4.78, 5) is 13.5. The monoisotopic (exact) mass is 281 g/mol. The second-order valence-electron chi connectivity index (χ2n) is 5.51. The molecule has 104 valence electrons. The van der Waals surface area contributed by atoms with Gasteiger partial charge in [-0.05, 0) is 50.8 Å². The Bertz CT molecular complexity index is 461. The fourth-order valence-corrected chi connectivity index (χ4v) is 2.92. The van der Waals surface area contributed by atoms with Gasteiger partial charge in [0.2, 0.25) is 0 Å². The van der Waals surface area contributed by atoms with E-state index in [4.69, 9.17) is 11.6 Å². The Morgan fingerprint density at radius 2 is 2.26 bits per heavy atom. The molecule has 1 fully saturated rings. The molecule has 2 rings (SSSR count). The van der Waals surface area contributed by atoms with Crippen molar-refractivity contribution in [3.8, 4) is 0 Å². The lowest BCUT2D eigenvalue weighted by Gasteiger charge is -2.29. The van der Waals surface area contributed by atoms with Crippen LogP contribution in [0.5, 0.6) is 0 Å². The van der Waals surface area contributed by atoms with Crippen molar-refractivity contribution in [2.24, 2.45) is 0 Å². The number of benzene rings is 1. The molecule has 2 atom stereocenters. The lowest BCUT2D eigenvalue weighted by molar-refractivity contribution is -0.920. The maximum atomic E-state index is 12.1. The van der Waals surface area contributed by atoms with Gasteiger partial charge < -0.3 is 10.2 Å². The number of likely N-dealkylation sites (tertiary alicyclic amines) is 1. The molecular formula is C15H22ClN2O+. The van der Waals surface area contributed by atoms with Crippen LogP contribution in [0.2, 0.25) is 5.02 Å². The van der Waals surface area contributed by atoms with Gasteiger partial charge >= 0.3 is 0 Å². The second-order valence-corrected chi connectivity index (χ2v) is 5.92. The number of quaternary nitrogens is 1. The van der Waals surface area contributed by atoms with Crippen molar-refractivity contribution in [1.29, 1.82) is 0 Å². The number of halogens is 1. The molecule has 0 spiro atoms. The van der Waals surface area contributed by atoms with E-state index < -0.39 is 0 Å². The molecule has 1 aliphatic rings. The zero-order valence-electron chi connectivity index (χ0n) is 11.6. The van der Waals surface area contributed by atoms with Crippen LogP contribution in [0.15, 0.2) is 18.2 Å². The largest absolute Gasteiger partial charge is 0.325 e. The minimum atomic E-state index is 0.0505. The maximum absolute atomic E-state index is 12.1. The number of rotatable bonds is 3. The van der Waals surface area contributed by atoms with Crippen molar-refractivity contribution in [2.45, 2.75) is 39.2 Å². The first-order chi connectivity index (χ1) is 9.06. The molecule has 0 aromatic heterocycles. The lowest BCUT2D eigenvalue weighted by Crippen LogP contribution is -3.17. The van der Waals surface area contributed by atoms with E-state index in [0.717, 1.165) is 12.1 Å². The van der Waals surface area contributed by atoms with Crippen LogP contribution in [0.1, 0.15) is 31.7 Å². The van der Waals surface area contributed by atoms with Gasteiger partial charge in [-0.25, -0.2) is 0 Å². The van der Waals surface area contributed by atoms with Gasteiger partial charge in [-0.2, -0.15) is 0 Å². The van der Waals surface area contributed by atoms with Crippen LogP contribution in [0.4, 0.5) is 5.69 Å². The number of carbonyl (C=O) groups excluding carboxylic acids is 1. The summed E-state index contributed by atoms with van der Waals surface area (Å²) < 4.78 is 0. The summed E-state index contributed by atoms with van der Waals surface area (Å²) in [5, 5.41) is 3.52. The third kappa shape index (κ3) is 3.95. The van der Waals surface area contributed by atoms with E-state index in [1.54, 1.807) is 0 Å². The Balaban J connectivity index is 1.93. The first-order valence-corrected chi connectivity index (χ1v) is 7.34. The molecular weight excluding hydrogens is 260 g/mol. The first kappa shape index (κ1) is 14.4. The molecule has 1 aromatic rings. The van der Waals surface area contributed by atoms with Crippen LogP contribution in [-0.2, 0) is 4.79 Å². The van der Waals surface area contributed by atoms with Gasteiger partial charge in [0, 0.05) is 0 Å². The van der Waals surface area contributed by atoms with Gasteiger partial charge in [-0.15, -0.1) is 0 Å². The molecule has 4 heteroatoms. The Kier molecular flexibility index (Phi) is 4.83. The van der Waals surface area contributed by atoms with Crippen molar-refractivity contribution in [1.82, 2.24) is 0 Å². The van der Waals surface area contributed by atoms with E-state index in [9.17, 15) is 4.79 Å². The summed E-state index contributed by atoms with van der Waals surface area (Å²) in [5.74, 6) is 0.0505. The topological polar surface area (TPSA) is 33.5 Å². The van der Waals surface area contributed by atoms with Crippen LogP contribution in [0.3, 0.4) is 0 Å². The van der Waals surface area contributed by atoms with Crippen molar-refractivity contribution in [2.75, 3.05) is 18.4 Å². The minimum absolute atomic E-state index is 0.0505. The standard InChI is InChI=1S/C15H21ClN2O/c1-11-6-7-14(13(16)9-11)17-15(19)10-18-8-4-3-5-12(18)2/h6-7,9,12H,3-5,8,10H2,1-2H3,(H,17,19)/p+1/t12-/m0/s1. The molecule has 1 aliphatic heterocycles. The molecule has 1 unspecified atom stereocenters. The molecule has 0 aliphatic carbocycles. The quantitative estimate of drug-likeness (QED) is 0.873. The molecule has 1 heterocycles. The number of aryl methyl sites for hydroxylation is 1. The minimum Gasteiger partial charge on any atom is -0.325 e. The van der Waals surface area contributed by atoms with E-state index in [2.05, 4.69) is 12.2 Å². The van der Waals surface area contributed by atoms with E-state index in [-0.39, 0.29) is 5.91 Å². The number of carbonyl (C=O) groups is 1. The van der Waals surface area contributed by atoms with Gasteiger partial charge in [0.25, 0.3) is 5.91 Å². The molecule has 19 heavy (non-hydrogen) atoms. The van der Waals surface area contributed by atoms with Crippen molar-refractivity contribution in [3.63, 3.8) is 0 Å². The lowest BCUT2D eigenvalue weighted by atomic mass is 10.0. The number of hydrogen-bond donors (Lipinski definition) is 2. The number of anilines is 1. The molecule has 1 aromatic carbocycles. The number of amides is 1. The van der Waals surface area contributed by atoms with Crippen LogP contribution in [0.25, 0.3) is 0 Å². The van der Waals surface area contributed by atoms with E-state index in [0.29, 0.717) is 23.3 Å². The molecule has 1 amide bonds. The van der Waals surface area contributed by atoms with Crippen LogP contribution < -0.4 is 10.2 Å². The zero-order valence-corrected chi connectivity index (χ0v) is 12.4. The van der Waals surface area contributed by atoms with Crippen LogP contribution in [-0.4, -0.2) is 25.0 Å². The Morgan fingerprint density at radius 3 is 2.95 bits per heavy atom. The number of piperidine rings is 1. The van der Waals surface area contributed by atoms with Gasteiger partial charge in [0.15, 0.2) is 6.54 Å². The SMILES string of the molecule is Cc1ccc(NC(=O)C[NH+]2CCCC[C@@H]2C)c(Cl)c1. The number of hydrogen-bond acceptors (Lipinski definition) is 1. The Hall–Kier alpha value is -1.06. The highest BCUT2D eigenvalue weighted by molar-refractivity contribution is 6.33. The normalized spacial score (nSPS) is 23.1. The van der Waals surface area contributed by atoms with E-state index in [1.165, 1.54) is 24.2 Å². The first-order valence-electron chi connectivity index (χ1n) is 6.97. The van der Waals surface area contributed by atoms with Gasteiger partial charge in [-0.3, -0.25) is 4.79 Å². The Morgan fingerprint density at radius 1 is 1.47 bits per heavy atom. The molecule has 0 bridgehead atoms. The second kappa shape index (κ2) is 6.40. The average molecular weight is 282 g/mol. The third-order valence-corrected chi connectivity index (χ3v) is 4.18. The summed E-state index contributed by atoms with van der Waals surface area (Å²) in [6.07, 6.45) is 3.72. The summed E-state index contributed by atoms with van der Waals surface area (Å²) in [7, 11) is 0. The highest BCUT2D eigenvalue weighted by Gasteiger charge is 2.24. The highest BCUT2D eigenvalue weighted by Crippen LogP contribution is 2.22. The van der Waals surface area contributed by atoms with Gasteiger partial charge in [-0.1, -0.05) is 17.7 Å². The molecule has 0 radical (unpaired) electrons. The van der Waals surface area contributed by atoms with E-state index >= 15 is 0 Å². The van der Waals surface area contributed by atoms with E-state index in [1.807, 2.05) is 25.1 Å². The van der Waals surface area contributed by atoms with Gasteiger partial charge in [0.1, 0.15) is 0 Å². The van der Waals surface area contributed by atoms with Crippen LogP contribution >= 0.6 is 11.6 Å². The number of nitrogens with one attached hydrogen (secondary N) is 2. The predicted molar refractivity (Wildman–Crippen MR) is 78.8 cm³/mol. The summed E-state index contributed by atoms with van der Waals surface area (Å²) >= 11 is 6.12. The van der Waals surface area contributed by atoms with Gasteiger partial charge in [0.05, 0.1) is 23.3 Å². The molecule has 2 N–H and O–H groups in total. The maximum Gasteiger partial charge on any atom is 0.279 e. The third-order valence-electron chi connectivity index (χ3n) is 3.87. The summed E-state index contributed by atoms with van der Waals surface area (Å²) in [6.45, 7) is 5.83. The fourth-order valence-electron chi connectivity index (χ4n) is 2.64. The van der Waals surface area contributed by atoms with Crippen molar-refractivity contribution >= 4 is 23.2 Å². The summed E-state index contributed by atoms with van der Waals surface area (Å²) in [5.41, 5.74) is 1.81. The van der Waals surface area contributed by atoms with Crippen molar-refractivity contribution < 1.29 is 9.69 Å². The highest BCUT2D eigenvalue weighted by atomic mass is 35.5. The average Bonchev–Trinajstić information content (AvgIpc) is 2.36.